The van der Waals surface area contributed by atoms with Gasteiger partial charge in [-0.1, -0.05) is 37.6 Å². The number of halogens is 2. The Morgan fingerprint density at radius 2 is 2.13 bits per heavy atom. The molecule has 1 aromatic carbocycles. The van der Waals surface area contributed by atoms with Crippen LogP contribution in [0.15, 0.2) is 24.3 Å². The van der Waals surface area contributed by atoms with Gasteiger partial charge < -0.3 is 5.32 Å². The molecule has 0 saturated carbocycles. The van der Waals surface area contributed by atoms with Gasteiger partial charge in [0.25, 0.3) is 10.2 Å². The van der Waals surface area contributed by atoms with Crippen LogP contribution in [0.4, 0.5) is 0 Å². The van der Waals surface area contributed by atoms with Gasteiger partial charge in [-0.3, -0.25) is 0 Å². The molecule has 1 saturated heterocycles. The molecule has 5 nitrogen and oxygen atoms in total. The first-order valence-electron chi connectivity index (χ1n) is 7.51. The number of piperazine rings is 1. The summed E-state index contributed by atoms with van der Waals surface area (Å²) in [6, 6.07) is 7.19. The van der Waals surface area contributed by atoms with E-state index in [2.05, 4.69) is 5.32 Å². The number of hydrogen-bond donors (Lipinski definition) is 1. The van der Waals surface area contributed by atoms with E-state index in [1.54, 1.807) is 17.4 Å². The van der Waals surface area contributed by atoms with Crippen molar-refractivity contribution in [2.24, 2.45) is 5.92 Å². The lowest BCUT2D eigenvalue weighted by atomic mass is 10.1. The highest BCUT2D eigenvalue weighted by Gasteiger charge is 2.36. The standard InChI is InChI=1S/C15H24ClN3O2S.ClH/c1-12(2)11-18(3)22(20,21)19-8-7-17-10-15(19)13-5-4-6-14(16)9-13;/h4-6,9,12,15,17H,7-8,10-11H2,1-3H3;1H. The number of rotatable bonds is 5. The molecule has 1 N–H and O–H groups in total. The highest BCUT2D eigenvalue weighted by Crippen LogP contribution is 2.28. The molecule has 1 aliphatic rings. The summed E-state index contributed by atoms with van der Waals surface area (Å²) in [6.45, 7) is 6.24. The Bertz CT molecular complexity index is 610. The van der Waals surface area contributed by atoms with Crippen LogP contribution in [-0.4, -0.2) is 50.3 Å². The molecule has 1 fully saturated rings. The van der Waals surface area contributed by atoms with Crippen molar-refractivity contribution in [3.63, 3.8) is 0 Å². The summed E-state index contributed by atoms with van der Waals surface area (Å²) >= 11 is 6.06. The predicted octanol–water partition coefficient (Wildman–Crippen LogP) is 2.54. The lowest BCUT2D eigenvalue weighted by Gasteiger charge is -2.38. The SMILES string of the molecule is CC(C)CN(C)S(=O)(=O)N1CCNCC1c1cccc(Cl)c1.Cl. The van der Waals surface area contributed by atoms with Gasteiger partial charge >= 0.3 is 0 Å². The number of nitrogens with one attached hydrogen (secondary N) is 1. The lowest BCUT2D eigenvalue weighted by molar-refractivity contribution is 0.249. The second-order valence-corrected chi connectivity index (χ2v) is 8.49. The largest absolute Gasteiger partial charge is 0.313 e. The minimum absolute atomic E-state index is 0. The topological polar surface area (TPSA) is 52.7 Å². The average molecular weight is 382 g/mol. The van der Waals surface area contributed by atoms with Gasteiger partial charge in [0.05, 0.1) is 6.04 Å². The molecule has 1 aliphatic heterocycles. The van der Waals surface area contributed by atoms with Crippen LogP contribution < -0.4 is 5.32 Å². The summed E-state index contributed by atoms with van der Waals surface area (Å²) in [5.74, 6) is 0.285. The Balaban J connectivity index is 0.00000264. The van der Waals surface area contributed by atoms with Crippen molar-refractivity contribution in [2.45, 2.75) is 19.9 Å². The first kappa shape index (κ1) is 20.7. The van der Waals surface area contributed by atoms with E-state index in [1.165, 1.54) is 4.31 Å². The van der Waals surface area contributed by atoms with Crippen LogP contribution in [0.1, 0.15) is 25.5 Å². The summed E-state index contributed by atoms with van der Waals surface area (Å²) in [7, 11) is -1.84. The van der Waals surface area contributed by atoms with E-state index in [9.17, 15) is 8.42 Å². The maximum atomic E-state index is 12.9. The fraction of sp³-hybridized carbons (Fsp3) is 0.600. The van der Waals surface area contributed by atoms with E-state index >= 15 is 0 Å². The number of nitrogens with zero attached hydrogens (tertiary/aromatic N) is 2. The Labute approximate surface area is 150 Å². The number of benzene rings is 1. The molecular weight excluding hydrogens is 357 g/mol. The molecule has 0 spiro atoms. The minimum Gasteiger partial charge on any atom is -0.313 e. The van der Waals surface area contributed by atoms with Crippen molar-refractivity contribution in [2.75, 3.05) is 33.2 Å². The molecule has 23 heavy (non-hydrogen) atoms. The van der Waals surface area contributed by atoms with Gasteiger partial charge in [-0.2, -0.15) is 17.0 Å². The predicted molar refractivity (Wildman–Crippen MR) is 97.4 cm³/mol. The average Bonchev–Trinajstić information content (AvgIpc) is 2.46. The van der Waals surface area contributed by atoms with Crippen molar-refractivity contribution < 1.29 is 8.42 Å². The van der Waals surface area contributed by atoms with Crippen LogP contribution in [0.5, 0.6) is 0 Å². The fourth-order valence-corrected chi connectivity index (χ4v) is 4.63. The summed E-state index contributed by atoms with van der Waals surface area (Å²) in [5.41, 5.74) is 0.918. The molecule has 0 radical (unpaired) electrons. The van der Waals surface area contributed by atoms with Gasteiger partial charge in [-0.05, 0) is 23.6 Å². The monoisotopic (exact) mass is 381 g/mol. The molecule has 1 atom stereocenters. The normalized spacial score (nSPS) is 19.8. The molecule has 1 unspecified atom stereocenters. The summed E-state index contributed by atoms with van der Waals surface area (Å²) in [5, 5.41) is 3.89. The first-order chi connectivity index (χ1) is 10.3. The zero-order valence-electron chi connectivity index (χ0n) is 13.7. The Hall–Kier alpha value is -0.370. The maximum absolute atomic E-state index is 12.9. The molecule has 132 valence electrons. The van der Waals surface area contributed by atoms with Gasteiger partial charge in [0.2, 0.25) is 0 Å². The van der Waals surface area contributed by atoms with Crippen molar-refractivity contribution in [1.82, 2.24) is 13.9 Å². The Morgan fingerprint density at radius 1 is 1.43 bits per heavy atom. The molecule has 0 aliphatic carbocycles. The van der Waals surface area contributed by atoms with Gasteiger partial charge in [0, 0.05) is 38.2 Å². The van der Waals surface area contributed by atoms with Crippen molar-refractivity contribution >= 4 is 34.2 Å². The van der Waals surface area contributed by atoms with E-state index in [0.717, 1.165) is 5.56 Å². The third kappa shape index (κ3) is 5.05. The summed E-state index contributed by atoms with van der Waals surface area (Å²) < 4.78 is 28.8. The molecular formula is C15H25Cl2N3O2S. The zero-order valence-corrected chi connectivity index (χ0v) is 16.1. The minimum atomic E-state index is -3.48. The van der Waals surface area contributed by atoms with E-state index in [-0.39, 0.29) is 24.4 Å². The van der Waals surface area contributed by atoms with Crippen LogP contribution in [0, 0.1) is 5.92 Å². The highest BCUT2D eigenvalue weighted by atomic mass is 35.5. The highest BCUT2D eigenvalue weighted by molar-refractivity contribution is 7.86. The van der Waals surface area contributed by atoms with Gasteiger partial charge in [0.1, 0.15) is 0 Å². The second-order valence-electron chi connectivity index (χ2n) is 6.07. The first-order valence-corrected chi connectivity index (χ1v) is 9.29. The van der Waals surface area contributed by atoms with Crippen LogP contribution in [0.25, 0.3) is 0 Å². The fourth-order valence-electron chi connectivity index (χ4n) is 2.75. The molecule has 1 heterocycles. The second kappa shape index (κ2) is 8.65. The van der Waals surface area contributed by atoms with E-state index in [4.69, 9.17) is 11.6 Å². The summed E-state index contributed by atoms with van der Waals surface area (Å²) in [6.07, 6.45) is 0. The number of hydrogen-bond acceptors (Lipinski definition) is 3. The Kier molecular flexibility index (Phi) is 7.77. The molecule has 2 rings (SSSR count). The molecule has 8 heteroatoms. The van der Waals surface area contributed by atoms with Crippen LogP contribution in [0.2, 0.25) is 5.02 Å². The van der Waals surface area contributed by atoms with Crippen LogP contribution in [0.3, 0.4) is 0 Å². The van der Waals surface area contributed by atoms with Crippen LogP contribution >= 0.6 is 24.0 Å². The van der Waals surface area contributed by atoms with Crippen molar-refractivity contribution in [3.8, 4) is 0 Å². The van der Waals surface area contributed by atoms with E-state index in [0.29, 0.717) is 31.2 Å². The van der Waals surface area contributed by atoms with E-state index < -0.39 is 10.2 Å². The van der Waals surface area contributed by atoms with Gasteiger partial charge in [-0.25, -0.2) is 0 Å². The third-order valence-corrected chi connectivity index (χ3v) is 5.94. The van der Waals surface area contributed by atoms with Crippen LogP contribution in [-0.2, 0) is 10.2 Å². The smallest absolute Gasteiger partial charge is 0.282 e. The quantitative estimate of drug-likeness (QED) is 0.852. The summed E-state index contributed by atoms with van der Waals surface area (Å²) in [4.78, 5) is 0. The maximum Gasteiger partial charge on any atom is 0.282 e. The molecule has 0 bridgehead atoms. The van der Waals surface area contributed by atoms with Crippen molar-refractivity contribution in [1.29, 1.82) is 0 Å². The van der Waals surface area contributed by atoms with Crippen molar-refractivity contribution in [3.05, 3.63) is 34.9 Å². The lowest BCUT2D eigenvalue weighted by Crippen LogP contribution is -2.53. The molecule has 1 aromatic rings. The van der Waals surface area contributed by atoms with Gasteiger partial charge in [-0.15, -0.1) is 12.4 Å². The zero-order chi connectivity index (χ0) is 16.3. The van der Waals surface area contributed by atoms with E-state index in [1.807, 2.05) is 32.0 Å². The third-order valence-electron chi connectivity index (χ3n) is 3.74. The molecule has 0 aromatic heterocycles. The Morgan fingerprint density at radius 3 is 2.74 bits per heavy atom. The molecule has 0 amide bonds. The van der Waals surface area contributed by atoms with Gasteiger partial charge in [0.15, 0.2) is 0 Å².